The number of nitrogens with one attached hydrogen (secondary N) is 1. The van der Waals surface area contributed by atoms with Crippen LogP contribution >= 0.6 is 23.9 Å². The first kappa shape index (κ1) is 16.9. The van der Waals surface area contributed by atoms with Crippen LogP contribution in [0.4, 0.5) is 0 Å². The standard InChI is InChI=1S/C17H26N2S2/c1-14(2)13-18-21-17-6-4-15(5-7-17)12-16-8-10-19(20-3)11-9-16/h4-7,12,14,18H,8-11,13H2,1-3H3. The Morgan fingerprint density at radius 2 is 1.86 bits per heavy atom. The number of hydrogen-bond acceptors (Lipinski definition) is 4. The number of piperidine rings is 1. The average molecular weight is 323 g/mol. The van der Waals surface area contributed by atoms with Crippen molar-refractivity contribution >= 4 is 30.0 Å². The van der Waals surface area contributed by atoms with Crippen LogP contribution < -0.4 is 4.72 Å². The first-order valence-electron chi connectivity index (χ1n) is 7.65. The van der Waals surface area contributed by atoms with Gasteiger partial charge in [-0.05, 0) is 54.7 Å². The van der Waals surface area contributed by atoms with E-state index in [1.54, 1.807) is 17.5 Å². The van der Waals surface area contributed by atoms with Crippen LogP contribution in [-0.4, -0.2) is 30.2 Å². The summed E-state index contributed by atoms with van der Waals surface area (Å²) in [5.74, 6) is 0.689. The predicted octanol–water partition coefficient (Wildman–Crippen LogP) is 4.70. The molecule has 1 aromatic carbocycles. The molecule has 2 rings (SSSR count). The molecule has 1 aliphatic rings. The Bertz CT molecular complexity index is 444. The molecule has 0 bridgehead atoms. The topological polar surface area (TPSA) is 15.3 Å². The zero-order valence-corrected chi connectivity index (χ0v) is 14.9. The molecule has 1 heterocycles. The number of nitrogens with zero attached hydrogens (tertiary/aromatic N) is 1. The van der Waals surface area contributed by atoms with Gasteiger partial charge in [-0.15, -0.1) is 0 Å². The van der Waals surface area contributed by atoms with Crippen LogP contribution in [0.5, 0.6) is 0 Å². The van der Waals surface area contributed by atoms with Crippen LogP contribution in [-0.2, 0) is 0 Å². The van der Waals surface area contributed by atoms with Crippen molar-refractivity contribution in [2.24, 2.45) is 5.92 Å². The van der Waals surface area contributed by atoms with Crippen molar-refractivity contribution in [3.05, 3.63) is 35.4 Å². The molecule has 0 amide bonds. The van der Waals surface area contributed by atoms with Crippen molar-refractivity contribution in [1.82, 2.24) is 9.03 Å². The Hall–Kier alpha value is -0.420. The van der Waals surface area contributed by atoms with E-state index in [-0.39, 0.29) is 0 Å². The number of benzene rings is 1. The Morgan fingerprint density at radius 3 is 2.43 bits per heavy atom. The molecule has 0 unspecified atom stereocenters. The van der Waals surface area contributed by atoms with Crippen molar-refractivity contribution in [3.8, 4) is 0 Å². The SMILES string of the molecule is CSN1CCC(=Cc2ccc(SNCC(C)C)cc2)CC1. The minimum Gasteiger partial charge on any atom is -0.260 e. The van der Waals surface area contributed by atoms with E-state index in [9.17, 15) is 0 Å². The third-order valence-electron chi connectivity index (χ3n) is 3.56. The monoisotopic (exact) mass is 322 g/mol. The highest BCUT2D eigenvalue weighted by Crippen LogP contribution is 2.23. The van der Waals surface area contributed by atoms with Crippen LogP contribution in [0.3, 0.4) is 0 Å². The number of rotatable bonds is 6. The van der Waals surface area contributed by atoms with Crippen molar-refractivity contribution in [3.63, 3.8) is 0 Å². The van der Waals surface area contributed by atoms with E-state index in [2.05, 4.69) is 59.5 Å². The van der Waals surface area contributed by atoms with Gasteiger partial charge in [-0.3, -0.25) is 9.03 Å². The van der Waals surface area contributed by atoms with E-state index in [0.29, 0.717) is 5.92 Å². The van der Waals surface area contributed by atoms with Crippen molar-refractivity contribution < 1.29 is 0 Å². The highest BCUT2D eigenvalue weighted by atomic mass is 32.2. The Morgan fingerprint density at radius 1 is 1.19 bits per heavy atom. The van der Waals surface area contributed by atoms with Gasteiger partial charge in [0.05, 0.1) is 0 Å². The zero-order valence-electron chi connectivity index (χ0n) is 13.3. The van der Waals surface area contributed by atoms with E-state index in [1.807, 2.05) is 11.9 Å². The summed E-state index contributed by atoms with van der Waals surface area (Å²) in [4.78, 5) is 1.29. The van der Waals surface area contributed by atoms with Crippen LogP contribution in [0.25, 0.3) is 6.08 Å². The Labute approximate surface area is 138 Å². The van der Waals surface area contributed by atoms with E-state index >= 15 is 0 Å². The maximum absolute atomic E-state index is 3.41. The molecule has 0 aromatic heterocycles. The Kier molecular flexibility index (Phi) is 7.17. The molecule has 2 nitrogen and oxygen atoms in total. The number of hydrogen-bond donors (Lipinski definition) is 1. The van der Waals surface area contributed by atoms with Crippen molar-refractivity contribution in [2.45, 2.75) is 31.6 Å². The van der Waals surface area contributed by atoms with E-state index < -0.39 is 0 Å². The van der Waals surface area contributed by atoms with Crippen molar-refractivity contribution in [1.29, 1.82) is 0 Å². The van der Waals surface area contributed by atoms with Gasteiger partial charge in [0.1, 0.15) is 0 Å². The fourth-order valence-corrected chi connectivity index (χ4v) is 3.66. The van der Waals surface area contributed by atoms with Crippen LogP contribution in [0.2, 0.25) is 0 Å². The summed E-state index contributed by atoms with van der Waals surface area (Å²) in [6, 6.07) is 8.88. The van der Waals surface area contributed by atoms with Gasteiger partial charge in [0.15, 0.2) is 0 Å². The third kappa shape index (κ3) is 6.07. The summed E-state index contributed by atoms with van der Waals surface area (Å²) in [5.41, 5.74) is 2.91. The second kappa shape index (κ2) is 8.89. The second-order valence-electron chi connectivity index (χ2n) is 5.83. The summed E-state index contributed by atoms with van der Waals surface area (Å²) < 4.78 is 5.85. The van der Waals surface area contributed by atoms with Gasteiger partial charge in [0.2, 0.25) is 0 Å². The fourth-order valence-electron chi connectivity index (χ4n) is 2.26. The Balaban J connectivity index is 1.84. The van der Waals surface area contributed by atoms with Gasteiger partial charge in [-0.2, -0.15) is 0 Å². The zero-order chi connectivity index (χ0) is 15.1. The molecule has 1 aliphatic heterocycles. The van der Waals surface area contributed by atoms with Crippen LogP contribution in [0.15, 0.2) is 34.7 Å². The third-order valence-corrected chi connectivity index (χ3v) is 5.26. The van der Waals surface area contributed by atoms with Gasteiger partial charge in [-0.25, -0.2) is 0 Å². The molecule has 1 N–H and O–H groups in total. The lowest BCUT2D eigenvalue weighted by Crippen LogP contribution is -2.23. The predicted molar refractivity (Wildman–Crippen MR) is 97.4 cm³/mol. The molecule has 0 saturated carbocycles. The molecular weight excluding hydrogens is 296 g/mol. The highest BCUT2D eigenvalue weighted by Gasteiger charge is 2.12. The largest absolute Gasteiger partial charge is 0.260 e. The molecule has 0 spiro atoms. The normalized spacial score (nSPS) is 16.5. The minimum absolute atomic E-state index is 0.689. The first-order valence-corrected chi connectivity index (χ1v) is 9.65. The summed E-state index contributed by atoms with van der Waals surface area (Å²) in [7, 11) is 0. The van der Waals surface area contributed by atoms with Crippen LogP contribution in [0.1, 0.15) is 32.3 Å². The summed E-state index contributed by atoms with van der Waals surface area (Å²) >= 11 is 3.59. The maximum atomic E-state index is 3.41. The van der Waals surface area contributed by atoms with E-state index in [0.717, 1.165) is 6.54 Å². The lowest BCUT2D eigenvalue weighted by Gasteiger charge is -2.25. The molecule has 1 fully saturated rings. The molecule has 1 saturated heterocycles. The van der Waals surface area contributed by atoms with Gasteiger partial charge < -0.3 is 0 Å². The first-order chi connectivity index (χ1) is 10.2. The lowest BCUT2D eigenvalue weighted by molar-refractivity contribution is 0.437. The van der Waals surface area contributed by atoms with E-state index in [4.69, 9.17) is 0 Å². The lowest BCUT2D eigenvalue weighted by atomic mass is 10.0. The fraction of sp³-hybridized carbons (Fsp3) is 0.529. The molecule has 0 radical (unpaired) electrons. The van der Waals surface area contributed by atoms with Gasteiger partial charge in [0, 0.05) is 24.5 Å². The smallest absolute Gasteiger partial charge is 0.0228 e. The maximum Gasteiger partial charge on any atom is 0.0228 e. The molecule has 4 heteroatoms. The van der Waals surface area contributed by atoms with Gasteiger partial charge in [-0.1, -0.05) is 49.6 Å². The van der Waals surface area contributed by atoms with Crippen molar-refractivity contribution in [2.75, 3.05) is 25.9 Å². The van der Waals surface area contributed by atoms with Crippen LogP contribution in [0, 0.1) is 5.92 Å². The van der Waals surface area contributed by atoms with Gasteiger partial charge in [0.25, 0.3) is 0 Å². The minimum atomic E-state index is 0.689. The summed E-state index contributed by atoms with van der Waals surface area (Å²) in [5, 5.41) is 0. The highest BCUT2D eigenvalue weighted by molar-refractivity contribution is 7.97. The molecule has 1 aromatic rings. The molecule has 0 atom stereocenters. The molecular formula is C17H26N2S2. The van der Waals surface area contributed by atoms with Gasteiger partial charge >= 0.3 is 0 Å². The van der Waals surface area contributed by atoms with E-state index in [1.165, 1.54) is 36.4 Å². The summed E-state index contributed by atoms with van der Waals surface area (Å²) in [6.07, 6.45) is 6.94. The molecule has 0 aliphatic carbocycles. The summed E-state index contributed by atoms with van der Waals surface area (Å²) in [6.45, 7) is 7.86. The average Bonchev–Trinajstić information content (AvgIpc) is 2.49. The quantitative estimate of drug-likeness (QED) is 0.763. The second-order valence-corrected chi connectivity index (χ2v) is 7.67. The molecule has 116 valence electrons. The molecule has 21 heavy (non-hydrogen) atoms.